The fraction of sp³-hybridized carbons (Fsp3) is 0.455. The Bertz CT molecular complexity index is 399. The smallest absolute Gasteiger partial charge is 0.272 e. The van der Waals surface area contributed by atoms with Crippen molar-refractivity contribution in [2.24, 2.45) is 5.73 Å². The molecule has 0 bridgehead atoms. The van der Waals surface area contributed by atoms with Crippen LogP contribution < -0.4 is 19.9 Å². The lowest BCUT2D eigenvalue weighted by Gasteiger charge is -2.11. The van der Waals surface area contributed by atoms with E-state index >= 15 is 0 Å². The zero-order chi connectivity index (χ0) is 12.3. The van der Waals surface area contributed by atoms with Crippen LogP contribution in [-0.4, -0.2) is 26.4 Å². The molecule has 0 aromatic heterocycles. The molecular weight excluding hydrogens is 232 g/mol. The van der Waals surface area contributed by atoms with Crippen molar-refractivity contribution in [3.63, 3.8) is 0 Å². The molecule has 4 nitrogen and oxygen atoms in total. The van der Waals surface area contributed by atoms with E-state index in [4.69, 9.17) is 19.9 Å². The van der Waals surface area contributed by atoms with Gasteiger partial charge in [0.15, 0.2) is 11.5 Å². The average molecular weight is 245 g/mol. The summed E-state index contributed by atoms with van der Waals surface area (Å²) in [5.41, 5.74) is 6.20. The zero-order valence-electron chi connectivity index (χ0n) is 9.12. The van der Waals surface area contributed by atoms with E-state index in [0.717, 1.165) is 5.56 Å². The number of hydrogen-bond donors (Lipinski definition) is 1. The molecular formula is C11H13F2NO3. The van der Waals surface area contributed by atoms with Crippen LogP contribution in [0.1, 0.15) is 5.56 Å². The van der Waals surface area contributed by atoms with Gasteiger partial charge in [0, 0.05) is 6.07 Å². The van der Waals surface area contributed by atoms with Crippen LogP contribution >= 0.6 is 0 Å². The van der Waals surface area contributed by atoms with Crippen molar-refractivity contribution in [1.29, 1.82) is 0 Å². The second-order valence-electron chi connectivity index (χ2n) is 3.55. The van der Waals surface area contributed by atoms with Gasteiger partial charge in [-0.25, -0.2) is 8.78 Å². The summed E-state index contributed by atoms with van der Waals surface area (Å²) in [6.07, 6.45) is -1.97. The molecule has 0 fully saturated rings. The van der Waals surface area contributed by atoms with Crippen LogP contribution in [0.4, 0.5) is 8.78 Å². The molecule has 0 unspecified atom stereocenters. The molecule has 0 saturated carbocycles. The summed E-state index contributed by atoms with van der Waals surface area (Å²) in [5, 5.41) is 0. The first-order valence-electron chi connectivity index (χ1n) is 5.24. The van der Waals surface area contributed by atoms with Gasteiger partial charge >= 0.3 is 0 Å². The van der Waals surface area contributed by atoms with Crippen molar-refractivity contribution in [3.8, 4) is 17.2 Å². The number of halogens is 2. The molecule has 0 aliphatic carbocycles. The molecule has 0 amide bonds. The maximum Gasteiger partial charge on any atom is 0.272 e. The second-order valence-corrected chi connectivity index (χ2v) is 3.55. The standard InChI is InChI=1S/C11H13F2NO3/c12-11(13)5-15-8-4-10-9(16-6-17-10)3-7(8)1-2-14/h3-4,11H,1-2,5-6,14H2. The van der Waals surface area contributed by atoms with E-state index in [1.54, 1.807) is 12.1 Å². The SMILES string of the molecule is NCCc1cc2c(cc1OCC(F)F)OCO2. The normalized spacial score (nSPS) is 13.2. The minimum atomic E-state index is -2.51. The number of hydrogen-bond acceptors (Lipinski definition) is 4. The minimum Gasteiger partial charge on any atom is -0.487 e. The quantitative estimate of drug-likeness (QED) is 0.855. The van der Waals surface area contributed by atoms with E-state index in [1.165, 1.54) is 0 Å². The Hall–Kier alpha value is -1.56. The van der Waals surface area contributed by atoms with Crippen molar-refractivity contribution in [3.05, 3.63) is 17.7 Å². The molecule has 1 aliphatic heterocycles. The van der Waals surface area contributed by atoms with E-state index in [0.29, 0.717) is 30.2 Å². The Morgan fingerprint density at radius 2 is 2.00 bits per heavy atom. The van der Waals surface area contributed by atoms with Gasteiger partial charge in [-0.2, -0.15) is 0 Å². The van der Waals surface area contributed by atoms with Gasteiger partial charge in [-0.3, -0.25) is 0 Å². The lowest BCUT2D eigenvalue weighted by Crippen LogP contribution is -2.10. The van der Waals surface area contributed by atoms with Gasteiger partial charge in [0.25, 0.3) is 6.43 Å². The Morgan fingerprint density at radius 1 is 1.29 bits per heavy atom. The predicted octanol–water partition coefficient (Wildman–Crippen LogP) is 1.56. The average Bonchev–Trinajstić information content (AvgIpc) is 2.73. The summed E-state index contributed by atoms with van der Waals surface area (Å²) in [4.78, 5) is 0. The van der Waals surface area contributed by atoms with Crippen LogP contribution in [0.3, 0.4) is 0 Å². The number of ether oxygens (including phenoxy) is 3. The highest BCUT2D eigenvalue weighted by Crippen LogP contribution is 2.38. The van der Waals surface area contributed by atoms with Gasteiger partial charge in [-0.15, -0.1) is 0 Å². The summed E-state index contributed by atoms with van der Waals surface area (Å²) >= 11 is 0. The van der Waals surface area contributed by atoms with Crippen LogP contribution in [0.5, 0.6) is 17.2 Å². The lowest BCUT2D eigenvalue weighted by atomic mass is 10.1. The van der Waals surface area contributed by atoms with Gasteiger partial charge in [0.2, 0.25) is 6.79 Å². The highest BCUT2D eigenvalue weighted by molar-refractivity contribution is 5.52. The van der Waals surface area contributed by atoms with Crippen LogP contribution in [0.15, 0.2) is 12.1 Å². The van der Waals surface area contributed by atoms with Crippen molar-refractivity contribution in [2.75, 3.05) is 19.9 Å². The number of rotatable bonds is 5. The number of benzene rings is 1. The van der Waals surface area contributed by atoms with Crippen molar-refractivity contribution in [1.82, 2.24) is 0 Å². The molecule has 0 saturated heterocycles. The molecule has 1 aliphatic rings. The maximum absolute atomic E-state index is 12.1. The summed E-state index contributed by atoms with van der Waals surface area (Å²) in [6.45, 7) is -0.0996. The van der Waals surface area contributed by atoms with Crippen molar-refractivity contribution >= 4 is 0 Å². The Morgan fingerprint density at radius 3 is 2.65 bits per heavy atom. The fourth-order valence-electron chi connectivity index (χ4n) is 1.60. The first-order chi connectivity index (χ1) is 8.20. The highest BCUT2D eigenvalue weighted by Gasteiger charge is 2.18. The fourth-order valence-corrected chi connectivity index (χ4v) is 1.60. The van der Waals surface area contributed by atoms with Gasteiger partial charge in [-0.05, 0) is 24.6 Å². The Kier molecular flexibility index (Phi) is 3.63. The summed E-state index contributed by atoms with van der Waals surface area (Å²) in [5.74, 6) is 1.48. The van der Waals surface area contributed by atoms with Crippen molar-refractivity contribution < 1.29 is 23.0 Å². The van der Waals surface area contributed by atoms with Gasteiger partial charge in [0.1, 0.15) is 12.4 Å². The van der Waals surface area contributed by atoms with E-state index in [1.807, 2.05) is 0 Å². The van der Waals surface area contributed by atoms with Crippen LogP contribution in [0.25, 0.3) is 0 Å². The molecule has 1 aromatic carbocycles. The Labute approximate surface area is 97.3 Å². The lowest BCUT2D eigenvalue weighted by molar-refractivity contribution is 0.0813. The monoisotopic (exact) mass is 245 g/mol. The van der Waals surface area contributed by atoms with E-state index in [2.05, 4.69) is 0 Å². The first-order valence-corrected chi connectivity index (χ1v) is 5.24. The summed E-state index contributed by atoms with van der Waals surface area (Å²) in [7, 11) is 0. The first kappa shape index (κ1) is 11.9. The molecule has 17 heavy (non-hydrogen) atoms. The maximum atomic E-state index is 12.1. The van der Waals surface area contributed by atoms with E-state index in [-0.39, 0.29) is 6.79 Å². The highest BCUT2D eigenvalue weighted by atomic mass is 19.3. The summed E-state index contributed by atoms with van der Waals surface area (Å²) in [6, 6.07) is 3.28. The Balaban J connectivity index is 2.21. The minimum absolute atomic E-state index is 0.135. The van der Waals surface area contributed by atoms with E-state index in [9.17, 15) is 8.78 Å². The summed E-state index contributed by atoms with van der Waals surface area (Å²) < 4.78 is 39.6. The molecule has 1 aromatic rings. The molecule has 2 rings (SSSR count). The number of alkyl halides is 2. The molecule has 2 N–H and O–H groups in total. The van der Waals surface area contributed by atoms with Crippen molar-refractivity contribution in [2.45, 2.75) is 12.8 Å². The van der Waals surface area contributed by atoms with Gasteiger partial charge in [-0.1, -0.05) is 0 Å². The van der Waals surface area contributed by atoms with Gasteiger partial charge in [0.05, 0.1) is 0 Å². The molecule has 1 heterocycles. The van der Waals surface area contributed by atoms with Gasteiger partial charge < -0.3 is 19.9 Å². The molecule has 0 radical (unpaired) electrons. The molecule has 0 spiro atoms. The molecule has 0 atom stereocenters. The third kappa shape index (κ3) is 2.76. The largest absolute Gasteiger partial charge is 0.487 e. The molecule has 6 heteroatoms. The predicted molar refractivity (Wildman–Crippen MR) is 56.8 cm³/mol. The number of nitrogens with two attached hydrogens (primary N) is 1. The molecule has 94 valence electrons. The van der Waals surface area contributed by atoms with Crippen LogP contribution in [0, 0.1) is 0 Å². The zero-order valence-corrected chi connectivity index (χ0v) is 9.12. The topological polar surface area (TPSA) is 53.7 Å². The van der Waals surface area contributed by atoms with E-state index < -0.39 is 13.0 Å². The third-order valence-electron chi connectivity index (χ3n) is 2.33. The van der Waals surface area contributed by atoms with Crippen LogP contribution in [0.2, 0.25) is 0 Å². The number of fused-ring (bicyclic) bond motifs is 1. The second kappa shape index (κ2) is 5.18. The third-order valence-corrected chi connectivity index (χ3v) is 2.33. The van der Waals surface area contributed by atoms with Crippen LogP contribution in [-0.2, 0) is 6.42 Å².